The van der Waals surface area contributed by atoms with Gasteiger partial charge in [-0.25, -0.2) is 4.79 Å². The average Bonchev–Trinajstić information content (AvgIpc) is 3.35. The van der Waals surface area contributed by atoms with Crippen molar-refractivity contribution >= 4 is 29.2 Å². The zero-order valence-corrected chi connectivity index (χ0v) is 20.0. The number of amides is 2. The van der Waals surface area contributed by atoms with E-state index in [0.717, 1.165) is 17.7 Å². The van der Waals surface area contributed by atoms with Crippen molar-refractivity contribution in [1.82, 2.24) is 0 Å². The molecule has 0 aromatic heterocycles. The van der Waals surface area contributed by atoms with Crippen LogP contribution in [0.3, 0.4) is 0 Å². The highest BCUT2D eigenvalue weighted by molar-refractivity contribution is 5.98. The van der Waals surface area contributed by atoms with E-state index in [0.29, 0.717) is 18.0 Å². The summed E-state index contributed by atoms with van der Waals surface area (Å²) in [5.74, 6) is -0.315. The van der Waals surface area contributed by atoms with Crippen LogP contribution in [0.25, 0.3) is 0 Å². The highest BCUT2D eigenvalue weighted by Gasteiger charge is 2.25. The van der Waals surface area contributed by atoms with E-state index in [1.165, 1.54) is 32.4 Å². The fourth-order valence-corrected chi connectivity index (χ4v) is 3.88. The van der Waals surface area contributed by atoms with Gasteiger partial charge >= 0.3 is 5.97 Å². The van der Waals surface area contributed by atoms with Crippen LogP contribution in [0.2, 0.25) is 0 Å². The number of hydrogen-bond donors (Lipinski definition) is 1. The lowest BCUT2D eigenvalue weighted by molar-refractivity contribution is -0.121. The second-order valence-electron chi connectivity index (χ2n) is 7.90. The Morgan fingerprint density at radius 3 is 2.42 bits per heavy atom. The van der Waals surface area contributed by atoms with E-state index in [1.807, 2.05) is 24.3 Å². The molecule has 0 spiro atoms. The second kappa shape index (κ2) is 11.3. The molecule has 0 radical (unpaired) electrons. The lowest BCUT2D eigenvalue weighted by atomic mass is 10.2. The third-order valence-electron chi connectivity index (χ3n) is 5.65. The highest BCUT2D eigenvalue weighted by Crippen LogP contribution is 2.30. The predicted octanol–water partition coefficient (Wildman–Crippen LogP) is 3.47. The fraction of sp³-hybridized carbons (Fsp3) is 0.222. The number of carbonyl (C=O) groups is 3. The SMILES string of the molecule is COc1ccccc1NC(=O)COc1ccc(C(=O)OCC(=O)N2CCc3ccccc32)cc1OC. The first-order valence-electron chi connectivity index (χ1n) is 11.3. The number of para-hydroxylation sites is 3. The minimum atomic E-state index is -0.672. The second-order valence-corrected chi connectivity index (χ2v) is 7.90. The Morgan fingerprint density at radius 1 is 0.861 bits per heavy atom. The zero-order chi connectivity index (χ0) is 25.5. The van der Waals surface area contributed by atoms with Crippen LogP contribution in [0.1, 0.15) is 15.9 Å². The minimum absolute atomic E-state index is 0.187. The van der Waals surface area contributed by atoms with Gasteiger partial charge in [0.1, 0.15) is 5.75 Å². The molecule has 9 heteroatoms. The number of esters is 1. The maximum absolute atomic E-state index is 12.6. The van der Waals surface area contributed by atoms with Crippen LogP contribution in [0.5, 0.6) is 17.2 Å². The Balaban J connectivity index is 1.32. The minimum Gasteiger partial charge on any atom is -0.495 e. The number of rotatable bonds is 9. The quantitative estimate of drug-likeness (QED) is 0.458. The molecule has 1 aliphatic rings. The molecule has 4 rings (SSSR count). The van der Waals surface area contributed by atoms with Crippen LogP contribution in [0.4, 0.5) is 11.4 Å². The van der Waals surface area contributed by atoms with Crippen molar-refractivity contribution in [1.29, 1.82) is 0 Å². The van der Waals surface area contributed by atoms with E-state index in [4.69, 9.17) is 18.9 Å². The van der Waals surface area contributed by atoms with Crippen molar-refractivity contribution in [2.75, 3.05) is 44.2 Å². The number of hydrogen-bond acceptors (Lipinski definition) is 7. The third-order valence-corrected chi connectivity index (χ3v) is 5.65. The third kappa shape index (κ3) is 5.57. The maximum Gasteiger partial charge on any atom is 0.338 e. The lowest BCUT2D eigenvalue weighted by Gasteiger charge is -2.17. The Kier molecular flexibility index (Phi) is 7.69. The van der Waals surface area contributed by atoms with Crippen molar-refractivity contribution in [2.45, 2.75) is 6.42 Å². The van der Waals surface area contributed by atoms with Crippen molar-refractivity contribution in [2.24, 2.45) is 0 Å². The summed E-state index contributed by atoms with van der Waals surface area (Å²) in [6, 6.07) is 19.1. The Hall–Kier alpha value is -4.53. The fourth-order valence-electron chi connectivity index (χ4n) is 3.88. The topological polar surface area (TPSA) is 103 Å². The Morgan fingerprint density at radius 2 is 1.61 bits per heavy atom. The van der Waals surface area contributed by atoms with E-state index in [-0.39, 0.29) is 36.2 Å². The van der Waals surface area contributed by atoms with E-state index in [9.17, 15) is 14.4 Å². The average molecular weight is 491 g/mol. The van der Waals surface area contributed by atoms with E-state index in [2.05, 4.69) is 5.32 Å². The summed E-state index contributed by atoms with van der Waals surface area (Å²) < 4.78 is 21.3. The zero-order valence-electron chi connectivity index (χ0n) is 20.0. The summed E-state index contributed by atoms with van der Waals surface area (Å²) in [5.41, 5.74) is 2.64. The molecule has 36 heavy (non-hydrogen) atoms. The van der Waals surface area contributed by atoms with Crippen LogP contribution in [0, 0.1) is 0 Å². The molecule has 1 N–H and O–H groups in total. The monoisotopic (exact) mass is 490 g/mol. The number of nitrogens with zero attached hydrogens (tertiary/aromatic N) is 1. The largest absolute Gasteiger partial charge is 0.495 e. The van der Waals surface area contributed by atoms with Crippen LogP contribution >= 0.6 is 0 Å². The molecular weight excluding hydrogens is 464 g/mol. The van der Waals surface area contributed by atoms with Crippen LogP contribution in [-0.4, -0.2) is 51.8 Å². The van der Waals surface area contributed by atoms with E-state index >= 15 is 0 Å². The number of methoxy groups -OCH3 is 2. The van der Waals surface area contributed by atoms with Gasteiger partial charge in [0.25, 0.3) is 11.8 Å². The molecule has 1 heterocycles. The van der Waals surface area contributed by atoms with Gasteiger partial charge in [0.2, 0.25) is 0 Å². The van der Waals surface area contributed by atoms with Gasteiger partial charge in [0.15, 0.2) is 24.7 Å². The molecule has 0 saturated carbocycles. The van der Waals surface area contributed by atoms with Crippen LogP contribution in [-0.2, 0) is 20.7 Å². The van der Waals surface area contributed by atoms with Crippen LogP contribution < -0.4 is 24.4 Å². The molecule has 0 saturated heterocycles. The van der Waals surface area contributed by atoms with Gasteiger partial charge in [-0.2, -0.15) is 0 Å². The number of benzene rings is 3. The Bertz CT molecular complexity index is 1270. The smallest absolute Gasteiger partial charge is 0.338 e. The number of ether oxygens (including phenoxy) is 4. The highest BCUT2D eigenvalue weighted by atomic mass is 16.5. The van der Waals surface area contributed by atoms with Gasteiger partial charge in [-0.05, 0) is 48.4 Å². The van der Waals surface area contributed by atoms with Crippen molar-refractivity contribution in [3.8, 4) is 17.2 Å². The van der Waals surface area contributed by atoms with Crippen molar-refractivity contribution in [3.63, 3.8) is 0 Å². The molecule has 3 aromatic carbocycles. The first-order chi connectivity index (χ1) is 17.5. The van der Waals surface area contributed by atoms with Gasteiger partial charge in [0.05, 0.1) is 25.5 Å². The number of anilines is 2. The number of carbonyl (C=O) groups excluding carboxylic acids is 3. The first-order valence-corrected chi connectivity index (χ1v) is 11.3. The lowest BCUT2D eigenvalue weighted by Crippen LogP contribution is -2.33. The normalized spacial score (nSPS) is 11.9. The molecule has 0 unspecified atom stereocenters. The maximum atomic E-state index is 12.6. The van der Waals surface area contributed by atoms with Gasteiger partial charge in [0, 0.05) is 12.2 Å². The number of fused-ring (bicyclic) bond motifs is 1. The van der Waals surface area contributed by atoms with Crippen molar-refractivity contribution in [3.05, 3.63) is 77.9 Å². The molecule has 2 amide bonds. The summed E-state index contributed by atoms with van der Waals surface area (Å²) in [6.45, 7) is -0.110. The first kappa shape index (κ1) is 24.6. The summed E-state index contributed by atoms with van der Waals surface area (Å²) in [5, 5.41) is 2.72. The van der Waals surface area contributed by atoms with Gasteiger partial charge < -0.3 is 29.2 Å². The summed E-state index contributed by atoms with van der Waals surface area (Å²) in [7, 11) is 2.93. The summed E-state index contributed by atoms with van der Waals surface area (Å²) in [6.07, 6.45) is 0.769. The van der Waals surface area contributed by atoms with Crippen molar-refractivity contribution < 1.29 is 33.3 Å². The molecule has 0 fully saturated rings. The van der Waals surface area contributed by atoms with Gasteiger partial charge in [-0.1, -0.05) is 30.3 Å². The Labute approximate surface area is 208 Å². The molecule has 0 bridgehead atoms. The van der Waals surface area contributed by atoms with Crippen LogP contribution in [0.15, 0.2) is 66.7 Å². The van der Waals surface area contributed by atoms with Gasteiger partial charge in [-0.15, -0.1) is 0 Å². The van der Waals surface area contributed by atoms with Gasteiger partial charge in [-0.3, -0.25) is 9.59 Å². The molecule has 0 atom stereocenters. The summed E-state index contributed by atoms with van der Waals surface area (Å²) in [4.78, 5) is 39.1. The molecule has 9 nitrogen and oxygen atoms in total. The molecule has 186 valence electrons. The number of nitrogens with one attached hydrogen (secondary N) is 1. The molecule has 0 aliphatic carbocycles. The molecule has 3 aromatic rings. The standard InChI is InChI=1S/C27H26N2O7/c1-33-22-10-6-4-8-20(22)28-25(30)16-35-23-12-11-19(15-24(23)34-2)27(32)36-17-26(31)29-14-13-18-7-3-5-9-21(18)29/h3-12,15H,13-14,16-17H2,1-2H3,(H,28,30). The molecular formula is C27H26N2O7. The molecule has 1 aliphatic heterocycles. The summed E-state index contributed by atoms with van der Waals surface area (Å²) >= 11 is 0. The van der Waals surface area contributed by atoms with E-state index < -0.39 is 11.9 Å². The predicted molar refractivity (Wildman–Crippen MR) is 133 cm³/mol. The van der Waals surface area contributed by atoms with E-state index in [1.54, 1.807) is 29.2 Å².